The highest BCUT2D eigenvalue weighted by atomic mass is 35.5. The van der Waals surface area contributed by atoms with Crippen LogP contribution in [0.4, 0.5) is 0 Å². The fraction of sp³-hybridized carbons (Fsp3) is 0.100. The molecule has 3 aromatic rings. The van der Waals surface area contributed by atoms with Gasteiger partial charge in [-0.1, -0.05) is 41.9 Å². The molecule has 0 amide bonds. The first-order valence-corrected chi connectivity index (χ1v) is 7.96. The van der Waals surface area contributed by atoms with Gasteiger partial charge < -0.3 is 0 Å². The number of Topliss-reactive ketones (excluding diaryl/α,β-unsaturated/α-hetero) is 1. The van der Waals surface area contributed by atoms with Gasteiger partial charge in [0.2, 0.25) is 0 Å². The summed E-state index contributed by atoms with van der Waals surface area (Å²) in [6.07, 6.45) is 0. The number of benzene rings is 2. The number of carbonyl (C=O) groups excluding carboxylic acids is 1. The Morgan fingerprint density at radius 1 is 1.00 bits per heavy atom. The van der Waals surface area contributed by atoms with E-state index in [9.17, 15) is 9.59 Å². The van der Waals surface area contributed by atoms with Crippen LogP contribution >= 0.6 is 11.6 Å². The van der Waals surface area contributed by atoms with Crippen molar-refractivity contribution in [1.29, 1.82) is 0 Å². The largest absolute Gasteiger partial charge is 0.294 e. The van der Waals surface area contributed by atoms with E-state index in [2.05, 4.69) is 0 Å². The molecule has 0 bridgehead atoms. The zero-order valence-electron chi connectivity index (χ0n) is 13.4. The van der Waals surface area contributed by atoms with Crippen LogP contribution in [-0.4, -0.2) is 10.4 Å². The van der Waals surface area contributed by atoms with E-state index in [4.69, 9.17) is 11.6 Å². The van der Waals surface area contributed by atoms with Gasteiger partial charge in [-0.3, -0.25) is 14.2 Å². The lowest BCUT2D eigenvalue weighted by atomic mass is 9.98. The molecule has 2 aromatic carbocycles. The molecule has 0 saturated carbocycles. The predicted molar refractivity (Wildman–Crippen MR) is 97.2 cm³/mol. The van der Waals surface area contributed by atoms with Gasteiger partial charge in [0.05, 0.1) is 5.56 Å². The van der Waals surface area contributed by atoms with Gasteiger partial charge in [0, 0.05) is 16.4 Å². The van der Waals surface area contributed by atoms with Crippen LogP contribution in [0.25, 0.3) is 16.8 Å². The summed E-state index contributed by atoms with van der Waals surface area (Å²) in [5.74, 6) is -0.249. The van der Waals surface area contributed by atoms with Gasteiger partial charge in [-0.15, -0.1) is 0 Å². The van der Waals surface area contributed by atoms with Crippen LogP contribution in [0.15, 0.2) is 65.5 Å². The predicted octanol–water partition coefficient (Wildman–Crippen LogP) is 4.67. The van der Waals surface area contributed by atoms with E-state index in [-0.39, 0.29) is 16.9 Å². The Kier molecular flexibility index (Phi) is 4.36. The van der Waals surface area contributed by atoms with Gasteiger partial charge in [0.15, 0.2) is 5.78 Å². The molecule has 0 aliphatic rings. The smallest absolute Gasteiger partial charge is 0.266 e. The molecule has 1 heterocycles. The van der Waals surface area contributed by atoms with E-state index < -0.39 is 0 Å². The first-order valence-electron chi connectivity index (χ1n) is 7.58. The Morgan fingerprint density at radius 3 is 2.21 bits per heavy atom. The SMILES string of the molecule is CC(=O)c1c(-c2ccccc2)cc(C)n(-c2ccc(Cl)cc2)c1=O. The van der Waals surface area contributed by atoms with Gasteiger partial charge in [-0.2, -0.15) is 0 Å². The lowest BCUT2D eigenvalue weighted by Crippen LogP contribution is -2.27. The standard InChI is InChI=1S/C20H16ClNO2/c1-13-12-18(15-6-4-3-5-7-15)19(14(2)23)20(24)22(13)17-10-8-16(21)9-11-17/h3-12H,1-2H3. The molecular weight excluding hydrogens is 322 g/mol. The maximum Gasteiger partial charge on any atom is 0.266 e. The summed E-state index contributed by atoms with van der Waals surface area (Å²) in [5, 5.41) is 0.595. The Bertz CT molecular complexity index is 957. The summed E-state index contributed by atoms with van der Waals surface area (Å²) in [5.41, 5.74) is 2.84. The number of pyridine rings is 1. The van der Waals surface area contributed by atoms with E-state index >= 15 is 0 Å². The Labute approximate surface area is 145 Å². The minimum Gasteiger partial charge on any atom is -0.294 e. The van der Waals surface area contributed by atoms with Crippen LogP contribution in [0, 0.1) is 6.92 Å². The Morgan fingerprint density at radius 2 is 1.62 bits per heavy atom. The molecule has 4 heteroatoms. The molecule has 0 aliphatic carbocycles. The van der Waals surface area contributed by atoms with Crippen molar-refractivity contribution < 1.29 is 4.79 Å². The number of rotatable bonds is 3. The van der Waals surface area contributed by atoms with E-state index in [1.165, 1.54) is 6.92 Å². The molecule has 3 nitrogen and oxygen atoms in total. The van der Waals surface area contributed by atoms with E-state index in [1.54, 1.807) is 28.8 Å². The molecule has 0 spiro atoms. The van der Waals surface area contributed by atoms with Gasteiger partial charge in [0.1, 0.15) is 0 Å². The first-order chi connectivity index (χ1) is 11.5. The van der Waals surface area contributed by atoms with Crippen molar-refractivity contribution in [3.8, 4) is 16.8 Å². The van der Waals surface area contributed by atoms with Gasteiger partial charge >= 0.3 is 0 Å². The number of hydrogen-bond acceptors (Lipinski definition) is 2. The van der Waals surface area contributed by atoms with Gasteiger partial charge in [-0.05, 0) is 55.3 Å². The average molecular weight is 338 g/mol. The summed E-state index contributed by atoms with van der Waals surface area (Å²) >= 11 is 5.92. The molecular formula is C20H16ClNO2. The highest BCUT2D eigenvalue weighted by Gasteiger charge is 2.18. The molecule has 3 rings (SSSR count). The monoisotopic (exact) mass is 337 g/mol. The van der Waals surface area contributed by atoms with Crippen LogP contribution in [0.5, 0.6) is 0 Å². The number of ketones is 1. The third-order valence-corrected chi connectivity index (χ3v) is 4.17. The summed E-state index contributed by atoms with van der Waals surface area (Å²) in [6, 6.07) is 18.3. The molecule has 0 radical (unpaired) electrons. The third kappa shape index (κ3) is 2.91. The van der Waals surface area contributed by atoms with Crippen molar-refractivity contribution in [2.24, 2.45) is 0 Å². The summed E-state index contributed by atoms with van der Waals surface area (Å²) in [7, 11) is 0. The van der Waals surface area contributed by atoms with Crippen molar-refractivity contribution in [1.82, 2.24) is 4.57 Å². The number of nitrogens with zero attached hydrogens (tertiary/aromatic N) is 1. The van der Waals surface area contributed by atoms with Crippen LogP contribution in [0.1, 0.15) is 23.0 Å². The Balaban J connectivity index is 2.32. The van der Waals surface area contributed by atoms with Crippen LogP contribution in [0.3, 0.4) is 0 Å². The fourth-order valence-electron chi connectivity index (χ4n) is 2.83. The second kappa shape index (κ2) is 6.46. The van der Waals surface area contributed by atoms with Crippen molar-refractivity contribution in [3.63, 3.8) is 0 Å². The molecule has 24 heavy (non-hydrogen) atoms. The van der Waals surface area contributed by atoms with E-state index in [1.807, 2.05) is 43.3 Å². The Hall–Kier alpha value is -2.65. The quantitative estimate of drug-likeness (QED) is 0.651. The second-order valence-electron chi connectivity index (χ2n) is 5.61. The highest BCUT2D eigenvalue weighted by Crippen LogP contribution is 2.24. The number of carbonyl (C=O) groups is 1. The first kappa shape index (κ1) is 16.2. The maximum atomic E-state index is 13.0. The average Bonchev–Trinajstić information content (AvgIpc) is 2.56. The molecule has 0 N–H and O–H groups in total. The summed E-state index contributed by atoms with van der Waals surface area (Å²) in [4.78, 5) is 25.2. The number of aryl methyl sites for hydroxylation is 1. The molecule has 120 valence electrons. The van der Waals surface area contributed by atoms with Crippen molar-refractivity contribution >= 4 is 17.4 Å². The minimum absolute atomic E-state index is 0.196. The zero-order valence-corrected chi connectivity index (χ0v) is 14.2. The third-order valence-electron chi connectivity index (χ3n) is 3.91. The van der Waals surface area contributed by atoms with Crippen LogP contribution in [0.2, 0.25) is 5.02 Å². The van der Waals surface area contributed by atoms with Crippen LogP contribution in [-0.2, 0) is 0 Å². The molecule has 0 unspecified atom stereocenters. The highest BCUT2D eigenvalue weighted by molar-refractivity contribution is 6.30. The zero-order chi connectivity index (χ0) is 17.3. The molecule has 0 fully saturated rings. The van der Waals surface area contributed by atoms with Gasteiger partial charge in [0.25, 0.3) is 5.56 Å². The fourth-order valence-corrected chi connectivity index (χ4v) is 2.96. The summed E-state index contributed by atoms with van der Waals surface area (Å²) < 4.78 is 1.54. The minimum atomic E-state index is -0.316. The summed E-state index contributed by atoms with van der Waals surface area (Å²) in [6.45, 7) is 3.27. The lowest BCUT2D eigenvalue weighted by Gasteiger charge is -2.15. The topological polar surface area (TPSA) is 39.1 Å². The molecule has 0 aliphatic heterocycles. The second-order valence-corrected chi connectivity index (χ2v) is 6.05. The normalized spacial score (nSPS) is 10.6. The molecule has 0 saturated heterocycles. The number of halogens is 1. The maximum absolute atomic E-state index is 13.0. The van der Waals surface area contributed by atoms with Crippen molar-refractivity contribution in [3.05, 3.63) is 87.3 Å². The van der Waals surface area contributed by atoms with Crippen molar-refractivity contribution in [2.75, 3.05) is 0 Å². The number of hydrogen-bond donors (Lipinski definition) is 0. The number of aromatic nitrogens is 1. The lowest BCUT2D eigenvalue weighted by molar-refractivity contribution is 0.101. The van der Waals surface area contributed by atoms with E-state index in [0.29, 0.717) is 16.3 Å². The molecule has 0 atom stereocenters. The molecule has 1 aromatic heterocycles. The van der Waals surface area contributed by atoms with E-state index in [0.717, 1.165) is 11.3 Å². The van der Waals surface area contributed by atoms with Crippen LogP contribution < -0.4 is 5.56 Å². The van der Waals surface area contributed by atoms with Crippen molar-refractivity contribution in [2.45, 2.75) is 13.8 Å². The van der Waals surface area contributed by atoms with Gasteiger partial charge in [-0.25, -0.2) is 0 Å².